The van der Waals surface area contributed by atoms with Gasteiger partial charge in [-0.05, 0) is 22.8 Å². The van der Waals surface area contributed by atoms with Crippen molar-refractivity contribution in [3.05, 3.63) is 48.0 Å². The first-order valence-corrected chi connectivity index (χ1v) is 8.65. The normalized spacial score (nSPS) is 25.8. The standard InChI is InChI=1S/C20H21NO4/c22-18(10-14-5-6-15-3-1-2-4-16(15)9-14)21-11-17-12-25-8-7-20(17,13-21)19(23)24/h1-6,9,17H,7-8,10-13H2,(H,23,24)/t17-,20+/m0/s1. The van der Waals surface area contributed by atoms with Crippen LogP contribution in [0.2, 0.25) is 0 Å². The minimum absolute atomic E-state index is 0.00898. The van der Waals surface area contributed by atoms with Crippen LogP contribution in [0.4, 0.5) is 0 Å². The van der Waals surface area contributed by atoms with Crippen LogP contribution in [0.5, 0.6) is 0 Å². The van der Waals surface area contributed by atoms with Crippen molar-refractivity contribution in [1.82, 2.24) is 4.90 Å². The van der Waals surface area contributed by atoms with E-state index in [1.54, 1.807) is 4.90 Å². The van der Waals surface area contributed by atoms with Gasteiger partial charge < -0.3 is 14.7 Å². The highest BCUT2D eigenvalue weighted by molar-refractivity contribution is 5.86. The van der Waals surface area contributed by atoms with Gasteiger partial charge in [-0.15, -0.1) is 0 Å². The van der Waals surface area contributed by atoms with Crippen molar-refractivity contribution in [3.63, 3.8) is 0 Å². The van der Waals surface area contributed by atoms with Crippen LogP contribution >= 0.6 is 0 Å². The van der Waals surface area contributed by atoms with Gasteiger partial charge in [0.1, 0.15) is 0 Å². The van der Waals surface area contributed by atoms with E-state index >= 15 is 0 Å². The lowest BCUT2D eigenvalue weighted by Gasteiger charge is -2.33. The van der Waals surface area contributed by atoms with Crippen LogP contribution in [-0.4, -0.2) is 48.2 Å². The van der Waals surface area contributed by atoms with Crippen LogP contribution < -0.4 is 0 Å². The number of likely N-dealkylation sites (tertiary alicyclic amines) is 1. The van der Waals surface area contributed by atoms with Gasteiger partial charge in [0.2, 0.25) is 5.91 Å². The predicted molar refractivity (Wildman–Crippen MR) is 93.2 cm³/mol. The summed E-state index contributed by atoms with van der Waals surface area (Å²) in [4.78, 5) is 26.3. The van der Waals surface area contributed by atoms with Gasteiger partial charge in [0.25, 0.3) is 0 Å². The fraction of sp³-hybridized carbons (Fsp3) is 0.400. The summed E-state index contributed by atoms with van der Waals surface area (Å²) in [5, 5.41) is 12.0. The first-order valence-electron chi connectivity index (χ1n) is 8.65. The predicted octanol–water partition coefficient (Wildman–Crippen LogP) is 2.33. The molecule has 0 bridgehead atoms. The molecule has 2 atom stereocenters. The largest absolute Gasteiger partial charge is 0.481 e. The van der Waals surface area contributed by atoms with E-state index in [-0.39, 0.29) is 11.8 Å². The van der Waals surface area contributed by atoms with E-state index in [4.69, 9.17) is 4.74 Å². The Kier molecular flexibility index (Phi) is 3.96. The number of hydrogen-bond donors (Lipinski definition) is 1. The molecule has 2 fully saturated rings. The summed E-state index contributed by atoms with van der Waals surface area (Å²) in [6.45, 7) is 1.64. The quantitative estimate of drug-likeness (QED) is 0.932. The first-order chi connectivity index (χ1) is 12.1. The Morgan fingerprint density at radius 1 is 1.20 bits per heavy atom. The molecule has 2 aliphatic heterocycles. The second-order valence-corrected chi connectivity index (χ2v) is 7.12. The molecule has 4 rings (SSSR count). The minimum atomic E-state index is -0.836. The van der Waals surface area contributed by atoms with Crippen LogP contribution in [0, 0.1) is 11.3 Å². The van der Waals surface area contributed by atoms with Crippen molar-refractivity contribution >= 4 is 22.6 Å². The molecule has 5 heteroatoms. The number of carboxylic acid groups (broad SMARTS) is 1. The number of rotatable bonds is 3. The number of carbonyl (C=O) groups is 2. The number of carbonyl (C=O) groups excluding carboxylic acids is 1. The van der Waals surface area contributed by atoms with Crippen LogP contribution in [0.15, 0.2) is 42.5 Å². The zero-order chi connectivity index (χ0) is 17.4. The Hall–Kier alpha value is -2.40. The highest BCUT2D eigenvalue weighted by Crippen LogP contribution is 2.42. The number of nitrogens with zero attached hydrogens (tertiary/aromatic N) is 1. The second kappa shape index (κ2) is 6.15. The lowest BCUT2D eigenvalue weighted by Crippen LogP contribution is -2.45. The minimum Gasteiger partial charge on any atom is -0.481 e. The van der Waals surface area contributed by atoms with Gasteiger partial charge >= 0.3 is 5.97 Å². The average molecular weight is 339 g/mol. The number of hydrogen-bond acceptors (Lipinski definition) is 3. The van der Waals surface area contributed by atoms with Crippen molar-refractivity contribution in [1.29, 1.82) is 0 Å². The smallest absolute Gasteiger partial charge is 0.311 e. The summed E-state index contributed by atoms with van der Waals surface area (Å²) in [5.74, 6) is -0.925. The van der Waals surface area contributed by atoms with Gasteiger partial charge in [-0.1, -0.05) is 42.5 Å². The first kappa shape index (κ1) is 16.1. The molecular weight excluding hydrogens is 318 g/mol. The maximum atomic E-state index is 12.8. The third kappa shape index (κ3) is 2.78. The monoisotopic (exact) mass is 339 g/mol. The van der Waals surface area contributed by atoms with E-state index in [1.165, 1.54) is 0 Å². The van der Waals surface area contributed by atoms with Crippen molar-refractivity contribution in [2.45, 2.75) is 12.8 Å². The van der Waals surface area contributed by atoms with E-state index in [9.17, 15) is 14.7 Å². The second-order valence-electron chi connectivity index (χ2n) is 7.12. The number of carboxylic acids is 1. The number of amides is 1. The van der Waals surface area contributed by atoms with Crippen LogP contribution in [0.3, 0.4) is 0 Å². The molecular formula is C20H21NO4. The molecule has 0 spiro atoms. The molecule has 0 saturated carbocycles. The van der Waals surface area contributed by atoms with E-state index in [1.807, 2.05) is 42.5 Å². The Balaban J connectivity index is 1.52. The van der Waals surface area contributed by atoms with Crippen molar-refractivity contribution < 1.29 is 19.4 Å². The van der Waals surface area contributed by atoms with Gasteiger partial charge in [0.05, 0.1) is 18.4 Å². The topological polar surface area (TPSA) is 66.8 Å². The van der Waals surface area contributed by atoms with E-state index in [0.29, 0.717) is 39.1 Å². The van der Waals surface area contributed by atoms with Gasteiger partial charge in [-0.2, -0.15) is 0 Å². The van der Waals surface area contributed by atoms with E-state index < -0.39 is 11.4 Å². The SMILES string of the molecule is O=C(Cc1ccc2ccccc2c1)N1C[C@H]2COCC[C@@]2(C(=O)O)C1. The molecule has 0 aliphatic carbocycles. The molecule has 0 radical (unpaired) electrons. The highest BCUT2D eigenvalue weighted by atomic mass is 16.5. The van der Waals surface area contributed by atoms with Gasteiger partial charge in [-0.3, -0.25) is 9.59 Å². The Morgan fingerprint density at radius 3 is 2.76 bits per heavy atom. The molecule has 1 N–H and O–H groups in total. The lowest BCUT2D eigenvalue weighted by atomic mass is 9.74. The number of benzene rings is 2. The summed E-state index contributed by atoms with van der Waals surface area (Å²) < 4.78 is 5.45. The average Bonchev–Trinajstić information content (AvgIpc) is 3.03. The van der Waals surface area contributed by atoms with Gasteiger partial charge in [0, 0.05) is 25.6 Å². The fourth-order valence-electron chi connectivity index (χ4n) is 4.12. The van der Waals surface area contributed by atoms with Gasteiger partial charge in [-0.25, -0.2) is 0 Å². The molecule has 2 saturated heterocycles. The number of aliphatic carboxylic acids is 1. The zero-order valence-electron chi connectivity index (χ0n) is 14.0. The van der Waals surface area contributed by atoms with Crippen molar-refractivity contribution in [2.75, 3.05) is 26.3 Å². The maximum absolute atomic E-state index is 12.8. The third-order valence-electron chi connectivity index (χ3n) is 5.65. The number of fused-ring (bicyclic) bond motifs is 2. The van der Waals surface area contributed by atoms with Gasteiger partial charge in [0.15, 0.2) is 0 Å². The highest BCUT2D eigenvalue weighted by Gasteiger charge is 2.54. The molecule has 2 heterocycles. The lowest BCUT2D eigenvalue weighted by molar-refractivity contribution is -0.157. The molecule has 1 amide bonds. The van der Waals surface area contributed by atoms with E-state index in [2.05, 4.69) is 0 Å². The molecule has 2 aromatic rings. The molecule has 5 nitrogen and oxygen atoms in total. The maximum Gasteiger partial charge on any atom is 0.311 e. The van der Waals surface area contributed by atoms with Crippen molar-refractivity contribution in [2.24, 2.45) is 11.3 Å². The van der Waals surface area contributed by atoms with Crippen LogP contribution in [0.1, 0.15) is 12.0 Å². The molecule has 2 aliphatic rings. The molecule has 25 heavy (non-hydrogen) atoms. The Morgan fingerprint density at radius 2 is 2.00 bits per heavy atom. The van der Waals surface area contributed by atoms with Crippen LogP contribution in [0.25, 0.3) is 10.8 Å². The van der Waals surface area contributed by atoms with E-state index in [0.717, 1.165) is 16.3 Å². The summed E-state index contributed by atoms with van der Waals surface area (Å²) in [5.41, 5.74) is 0.122. The summed E-state index contributed by atoms with van der Waals surface area (Å²) in [6.07, 6.45) is 0.779. The summed E-state index contributed by atoms with van der Waals surface area (Å²) in [7, 11) is 0. The molecule has 2 aromatic carbocycles. The third-order valence-corrected chi connectivity index (χ3v) is 5.65. The molecule has 130 valence electrons. The fourth-order valence-corrected chi connectivity index (χ4v) is 4.12. The summed E-state index contributed by atoms with van der Waals surface area (Å²) in [6, 6.07) is 14.1. The molecule has 0 aromatic heterocycles. The molecule has 0 unspecified atom stereocenters. The van der Waals surface area contributed by atoms with Crippen LogP contribution in [-0.2, 0) is 20.7 Å². The number of ether oxygens (including phenoxy) is 1. The zero-order valence-corrected chi connectivity index (χ0v) is 14.0. The Bertz CT molecular complexity index is 833. The Labute approximate surface area is 146 Å². The van der Waals surface area contributed by atoms with Crippen molar-refractivity contribution in [3.8, 4) is 0 Å². The summed E-state index contributed by atoms with van der Waals surface area (Å²) >= 11 is 0.